The van der Waals surface area contributed by atoms with Gasteiger partial charge in [-0.15, -0.1) is 0 Å². The van der Waals surface area contributed by atoms with Crippen molar-refractivity contribution >= 4 is 15.9 Å². The monoisotopic (exact) mass is 394 g/mol. The average Bonchev–Trinajstić information content (AvgIpc) is 2.60. The molecule has 0 spiro atoms. The molecule has 0 saturated carbocycles. The van der Waals surface area contributed by atoms with E-state index in [9.17, 15) is 13.2 Å². The molecule has 1 N–H and O–H groups in total. The number of nitrogens with one attached hydrogen (secondary N) is 1. The first-order valence-corrected chi connectivity index (χ1v) is 11.4. The fourth-order valence-corrected chi connectivity index (χ4v) is 5.97. The van der Waals surface area contributed by atoms with Crippen molar-refractivity contribution < 1.29 is 13.2 Å². The van der Waals surface area contributed by atoms with Crippen molar-refractivity contribution in [2.45, 2.75) is 78.2 Å². The van der Waals surface area contributed by atoms with Crippen LogP contribution in [-0.2, 0) is 14.8 Å². The summed E-state index contributed by atoms with van der Waals surface area (Å²) in [6, 6.07) is 2.21. The van der Waals surface area contributed by atoms with Crippen molar-refractivity contribution in [3.8, 4) is 0 Å². The number of rotatable bonds is 6. The Labute approximate surface area is 164 Å². The second-order valence-electron chi connectivity index (χ2n) is 7.97. The molecule has 1 fully saturated rings. The molecule has 1 aliphatic heterocycles. The van der Waals surface area contributed by atoms with Crippen LogP contribution in [0.3, 0.4) is 0 Å². The Balaban J connectivity index is 2.13. The number of hydrogen-bond acceptors (Lipinski definition) is 3. The molecule has 1 unspecified atom stereocenters. The third-order valence-electron chi connectivity index (χ3n) is 5.83. The maximum Gasteiger partial charge on any atom is 0.243 e. The number of nitrogens with zero attached hydrogens (tertiary/aromatic N) is 1. The summed E-state index contributed by atoms with van der Waals surface area (Å²) in [5.74, 6) is -0.0380. The van der Waals surface area contributed by atoms with Crippen LogP contribution in [0.15, 0.2) is 11.0 Å². The van der Waals surface area contributed by atoms with Crippen molar-refractivity contribution in [3.63, 3.8) is 0 Å². The van der Waals surface area contributed by atoms with Crippen LogP contribution in [-0.4, -0.2) is 37.8 Å². The van der Waals surface area contributed by atoms with Crippen LogP contribution in [0.4, 0.5) is 0 Å². The van der Waals surface area contributed by atoms with Gasteiger partial charge in [0.1, 0.15) is 0 Å². The van der Waals surface area contributed by atoms with Crippen LogP contribution in [0.5, 0.6) is 0 Å². The second-order valence-corrected chi connectivity index (χ2v) is 9.84. The Bertz CT molecular complexity index is 768. The topological polar surface area (TPSA) is 66.5 Å². The predicted molar refractivity (Wildman–Crippen MR) is 109 cm³/mol. The molecular formula is C21H34N2O3S. The van der Waals surface area contributed by atoms with Crippen LogP contribution >= 0.6 is 0 Å². The predicted octanol–water partition coefficient (Wildman–Crippen LogP) is 3.63. The van der Waals surface area contributed by atoms with Gasteiger partial charge in [-0.05, 0) is 76.1 Å². The fraction of sp³-hybridized carbons (Fsp3) is 0.667. The molecule has 2 rings (SSSR count). The van der Waals surface area contributed by atoms with Gasteiger partial charge in [-0.25, -0.2) is 8.42 Å². The minimum absolute atomic E-state index is 0.0618. The van der Waals surface area contributed by atoms with Gasteiger partial charge < -0.3 is 5.32 Å². The summed E-state index contributed by atoms with van der Waals surface area (Å²) in [6.07, 6.45) is 3.15. The molecule has 1 aliphatic rings. The van der Waals surface area contributed by atoms with Gasteiger partial charge in [0.25, 0.3) is 0 Å². The number of carbonyl (C=O) groups excluding carboxylic acids is 1. The first-order chi connectivity index (χ1) is 12.6. The number of aryl methyl sites for hydroxylation is 2. The van der Waals surface area contributed by atoms with E-state index >= 15 is 0 Å². The zero-order valence-corrected chi connectivity index (χ0v) is 18.4. The number of hydrogen-bond donors (Lipinski definition) is 1. The smallest absolute Gasteiger partial charge is 0.243 e. The van der Waals surface area contributed by atoms with Gasteiger partial charge in [0, 0.05) is 25.0 Å². The first kappa shape index (κ1) is 21.9. The molecule has 1 atom stereocenters. The van der Waals surface area contributed by atoms with E-state index in [0.717, 1.165) is 35.1 Å². The molecule has 27 heavy (non-hydrogen) atoms. The van der Waals surface area contributed by atoms with Crippen LogP contribution in [0.25, 0.3) is 0 Å². The summed E-state index contributed by atoms with van der Waals surface area (Å²) in [5, 5.41) is 3.06. The lowest BCUT2D eigenvalue weighted by molar-refractivity contribution is -0.126. The van der Waals surface area contributed by atoms with Crippen LogP contribution < -0.4 is 5.32 Å². The van der Waals surface area contributed by atoms with Gasteiger partial charge in [-0.1, -0.05) is 19.4 Å². The summed E-state index contributed by atoms with van der Waals surface area (Å²) in [7, 11) is -3.55. The molecule has 5 nitrogen and oxygen atoms in total. The largest absolute Gasteiger partial charge is 0.353 e. The first-order valence-electron chi connectivity index (χ1n) is 9.97. The summed E-state index contributed by atoms with van der Waals surface area (Å²) < 4.78 is 28.2. The maximum absolute atomic E-state index is 13.3. The molecule has 1 saturated heterocycles. The third kappa shape index (κ3) is 4.72. The zero-order chi connectivity index (χ0) is 20.4. The molecular weight excluding hydrogens is 360 g/mol. The number of piperidine rings is 1. The van der Waals surface area contributed by atoms with Gasteiger partial charge in [0.2, 0.25) is 15.9 Å². The van der Waals surface area contributed by atoms with Gasteiger partial charge >= 0.3 is 0 Å². The number of sulfonamides is 1. The van der Waals surface area contributed by atoms with Crippen molar-refractivity contribution in [2.75, 3.05) is 13.1 Å². The molecule has 1 aromatic rings. The molecule has 152 valence electrons. The summed E-state index contributed by atoms with van der Waals surface area (Å²) in [4.78, 5) is 12.9. The number of carbonyl (C=O) groups is 1. The lowest BCUT2D eigenvalue weighted by Gasteiger charge is -2.32. The Hall–Kier alpha value is -1.40. The van der Waals surface area contributed by atoms with E-state index < -0.39 is 10.0 Å². The minimum Gasteiger partial charge on any atom is -0.353 e. The second kappa shape index (κ2) is 8.74. The van der Waals surface area contributed by atoms with E-state index in [4.69, 9.17) is 0 Å². The lowest BCUT2D eigenvalue weighted by Crippen LogP contribution is -2.45. The summed E-state index contributed by atoms with van der Waals surface area (Å²) >= 11 is 0. The van der Waals surface area contributed by atoms with Gasteiger partial charge in [-0.2, -0.15) is 4.31 Å². The van der Waals surface area contributed by atoms with Crippen molar-refractivity contribution in [1.29, 1.82) is 0 Å². The third-order valence-corrected chi connectivity index (χ3v) is 8.00. The fourth-order valence-electron chi connectivity index (χ4n) is 3.92. The van der Waals surface area contributed by atoms with E-state index in [2.05, 4.69) is 12.2 Å². The van der Waals surface area contributed by atoms with E-state index in [1.54, 1.807) is 4.31 Å². The van der Waals surface area contributed by atoms with Gasteiger partial charge in [0.05, 0.1) is 4.90 Å². The van der Waals surface area contributed by atoms with Gasteiger partial charge in [0.15, 0.2) is 0 Å². The Morgan fingerprint density at radius 1 is 1.15 bits per heavy atom. The highest BCUT2D eigenvalue weighted by Crippen LogP contribution is 2.31. The molecule has 0 bridgehead atoms. The maximum atomic E-state index is 13.3. The zero-order valence-electron chi connectivity index (χ0n) is 17.6. The Morgan fingerprint density at radius 2 is 1.67 bits per heavy atom. The van der Waals surface area contributed by atoms with E-state index in [1.165, 1.54) is 0 Å². The molecule has 0 aromatic heterocycles. The average molecular weight is 395 g/mol. The van der Waals surface area contributed by atoms with E-state index in [1.807, 2.05) is 40.7 Å². The van der Waals surface area contributed by atoms with E-state index in [0.29, 0.717) is 30.8 Å². The van der Waals surface area contributed by atoms with E-state index in [-0.39, 0.29) is 17.9 Å². The van der Waals surface area contributed by atoms with Crippen molar-refractivity contribution in [2.24, 2.45) is 5.92 Å². The lowest BCUT2D eigenvalue weighted by atomic mass is 9.96. The normalized spacial score (nSPS) is 17.7. The van der Waals surface area contributed by atoms with Gasteiger partial charge in [-0.3, -0.25) is 4.79 Å². The van der Waals surface area contributed by atoms with Crippen molar-refractivity contribution in [3.05, 3.63) is 28.3 Å². The van der Waals surface area contributed by atoms with Crippen molar-refractivity contribution in [1.82, 2.24) is 9.62 Å². The molecule has 1 heterocycles. The van der Waals surface area contributed by atoms with Crippen LogP contribution in [0, 0.1) is 33.6 Å². The Kier molecular flexibility index (Phi) is 7.09. The molecule has 0 radical (unpaired) electrons. The highest BCUT2D eigenvalue weighted by Gasteiger charge is 2.34. The molecule has 1 amide bonds. The minimum atomic E-state index is -3.55. The summed E-state index contributed by atoms with van der Waals surface area (Å²) in [5.41, 5.74) is 3.64. The Morgan fingerprint density at radius 3 is 2.15 bits per heavy atom. The van der Waals surface area contributed by atoms with Crippen LogP contribution in [0.2, 0.25) is 0 Å². The standard InChI is InChI=1S/C21H34N2O3S/c1-7-8-16(4)22-21(24)19-9-11-23(12-10-19)27(25,26)20-17(5)14(2)13-15(3)18(20)6/h13,16,19H,7-12H2,1-6H3,(H,22,24). The SMILES string of the molecule is CCCC(C)NC(=O)C1CCN(S(=O)(=O)c2c(C)c(C)cc(C)c2C)CC1. The molecule has 0 aliphatic carbocycles. The highest BCUT2D eigenvalue weighted by atomic mass is 32.2. The quantitative estimate of drug-likeness (QED) is 0.801. The number of benzene rings is 1. The summed E-state index contributed by atoms with van der Waals surface area (Å²) in [6.45, 7) is 12.6. The van der Waals surface area contributed by atoms with Crippen LogP contribution in [0.1, 0.15) is 61.8 Å². The molecule has 6 heteroatoms. The highest BCUT2D eigenvalue weighted by molar-refractivity contribution is 7.89. The number of amides is 1. The molecule has 1 aromatic carbocycles.